The van der Waals surface area contributed by atoms with Crippen LogP contribution in [0.3, 0.4) is 0 Å². The lowest BCUT2D eigenvalue weighted by Crippen LogP contribution is -2.04. The van der Waals surface area contributed by atoms with Crippen molar-refractivity contribution >= 4 is 11.7 Å². The van der Waals surface area contributed by atoms with Gasteiger partial charge >= 0.3 is 5.97 Å². The Balaban J connectivity index is 2.14. The fraction of sp³-hybridized carbons (Fsp3) is 0. The van der Waals surface area contributed by atoms with Crippen molar-refractivity contribution in [1.82, 2.24) is 0 Å². The quantitative estimate of drug-likeness (QED) is 0.478. The lowest BCUT2D eigenvalue weighted by Gasteiger charge is -1.99. The Labute approximate surface area is 110 Å². The van der Waals surface area contributed by atoms with Crippen LogP contribution in [0.2, 0.25) is 0 Å². The monoisotopic (exact) mass is 250 g/mol. The van der Waals surface area contributed by atoms with E-state index in [9.17, 15) is 4.79 Å². The second-order valence-corrected chi connectivity index (χ2v) is 3.66. The molecule has 0 aliphatic heterocycles. The van der Waals surface area contributed by atoms with E-state index in [4.69, 9.17) is 10.1 Å². The van der Waals surface area contributed by atoms with E-state index in [0.717, 1.165) is 0 Å². The molecule has 0 fully saturated rings. The van der Waals surface area contributed by atoms with E-state index in [2.05, 4.69) is 5.16 Å². The van der Waals surface area contributed by atoms with E-state index >= 15 is 0 Å². The van der Waals surface area contributed by atoms with Crippen LogP contribution in [-0.4, -0.2) is 11.7 Å². The predicted molar refractivity (Wildman–Crippen MR) is 70.4 cm³/mol. The molecule has 2 aromatic rings. The number of nitriles is 1. The van der Waals surface area contributed by atoms with Gasteiger partial charge in [-0.25, -0.2) is 4.79 Å². The zero-order valence-electron chi connectivity index (χ0n) is 9.98. The van der Waals surface area contributed by atoms with Gasteiger partial charge in [0, 0.05) is 5.56 Å². The summed E-state index contributed by atoms with van der Waals surface area (Å²) in [6.45, 7) is 0. The van der Waals surface area contributed by atoms with Gasteiger partial charge in [0.05, 0.1) is 5.56 Å². The molecule has 0 saturated heterocycles. The van der Waals surface area contributed by atoms with Crippen LogP contribution in [0.1, 0.15) is 15.9 Å². The first-order valence-electron chi connectivity index (χ1n) is 5.61. The molecule has 92 valence electrons. The Hall–Kier alpha value is -2.93. The molecule has 4 nitrogen and oxygen atoms in total. The fourth-order valence-electron chi connectivity index (χ4n) is 1.45. The van der Waals surface area contributed by atoms with Gasteiger partial charge in [-0.3, -0.25) is 0 Å². The number of rotatable bonds is 3. The Morgan fingerprint density at radius 3 is 2.00 bits per heavy atom. The molecular weight excluding hydrogens is 240 g/mol. The van der Waals surface area contributed by atoms with Gasteiger partial charge in [-0.05, 0) is 12.1 Å². The van der Waals surface area contributed by atoms with Gasteiger partial charge in [-0.2, -0.15) is 5.26 Å². The molecule has 0 aromatic heterocycles. The van der Waals surface area contributed by atoms with E-state index in [0.29, 0.717) is 11.1 Å². The topological polar surface area (TPSA) is 62.4 Å². The highest BCUT2D eigenvalue weighted by Gasteiger charge is 2.08. The summed E-state index contributed by atoms with van der Waals surface area (Å²) in [5.41, 5.74) is 1.05. The van der Waals surface area contributed by atoms with Crippen LogP contribution in [-0.2, 0) is 4.84 Å². The molecule has 0 saturated carbocycles. The summed E-state index contributed by atoms with van der Waals surface area (Å²) in [6.07, 6.45) is 0. The van der Waals surface area contributed by atoms with Crippen molar-refractivity contribution in [3.63, 3.8) is 0 Å². The molecule has 0 atom stereocenters. The lowest BCUT2D eigenvalue weighted by molar-refractivity contribution is 0.0517. The Kier molecular flexibility index (Phi) is 4.04. The third kappa shape index (κ3) is 3.27. The molecule has 0 amide bonds. The standard InChI is InChI=1S/C15H10N2O2/c16-11-14(12-7-3-1-4-8-12)17-19-15(18)13-9-5-2-6-10-13/h1-10H/b17-14-. The summed E-state index contributed by atoms with van der Waals surface area (Å²) < 4.78 is 0. The molecule has 2 rings (SSSR count). The zero-order valence-corrected chi connectivity index (χ0v) is 9.98. The summed E-state index contributed by atoms with van der Waals surface area (Å²) in [6, 6.07) is 19.2. The number of hydrogen-bond donors (Lipinski definition) is 0. The van der Waals surface area contributed by atoms with Gasteiger partial charge in [0.2, 0.25) is 0 Å². The Bertz CT molecular complexity index is 628. The van der Waals surface area contributed by atoms with Crippen LogP contribution in [0.4, 0.5) is 0 Å². The maximum atomic E-state index is 11.7. The van der Waals surface area contributed by atoms with Crippen LogP contribution in [0, 0.1) is 11.3 Å². The van der Waals surface area contributed by atoms with Gasteiger partial charge in [0.1, 0.15) is 6.07 Å². The summed E-state index contributed by atoms with van der Waals surface area (Å²) in [4.78, 5) is 16.4. The first-order chi connectivity index (χ1) is 9.31. The van der Waals surface area contributed by atoms with Crippen LogP contribution >= 0.6 is 0 Å². The molecule has 0 aliphatic rings. The van der Waals surface area contributed by atoms with Crippen LogP contribution in [0.25, 0.3) is 0 Å². The van der Waals surface area contributed by atoms with E-state index in [-0.39, 0.29) is 5.71 Å². The highest BCUT2D eigenvalue weighted by molar-refractivity contribution is 6.11. The van der Waals surface area contributed by atoms with E-state index < -0.39 is 5.97 Å². The minimum absolute atomic E-state index is 0.0601. The lowest BCUT2D eigenvalue weighted by atomic mass is 10.1. The normalized spacial score (nSPS) is 10.6. The highest BCUT2D eigenvalue weighted by Crippen LogP contribution is 2.04. The molecule has 0 bridgehead atoms. The molecule has 0 N–H and O–H groups in total. The minimum Gasteiger partial charge on any atom is -0.311 e. The maximum Gasteiger partial charge on any atom is 0.365 e. The predicted octanol–water partition coefficient (Wildman–Crippen LogP) is 2.77. The number of benzene rings is 2. The second kappa shape index (κ2) is 6.12. The molecule has 19 heavy (non-hydrogen) atoms. The largest absolute Gasteiger partial charge is 0.365 e. The third-order valence-corrected chi connectivity index (χ3v) is 2.38. The van der Waals surface area contributed by atoms with E-state index in [1.165, 1.54) is 0 Å². The molecule has 2 aromatic carbocycles. The summed E-state index contributed by atoms with van der Waals surface area (Å²) >= 11 is 0. The summed E-state index contributed by atoms with van der Waals surface area (Å²) in [5, 5.41) is 12.6. The van der Waals surface area contributed by atoms with Gasteiger partial charge in [0.25, 0.3) is 0 Å². The van der Waals surface area contributed by atoms with Crippen molar-refractivity contribution in [3.05, 3.63) is 71.8 Å². The van der Waals surface area contributed by atoms with Gasteiger partial charge < -0.3 is 4.84 Å². The minimum atomic E-state index is -0.593. The SMILES string of the molecule is N#C/C(=N/OC(=O)c1ccccc1)c1ccccc1. The number of oxime groups is 1. The average molecular weight is 250 g/mol. The van der Waals surface area contributed by atoms with Crippen molar-refractivity contribution < 1.29 is 9.63 Å². The van der Waals surface area contributed by atoms with Crippen molar-refractivity contribution in [2.75, 3.05) is 0 Å². The van der Waals surface area contributed by atoms with Crippen molar-refractivity contribution in [1.29, 1.82) is 5.26 Å². The molecule has 0 aliphatic carbocycles. The average Bonchev–Trinajstić information content (AvgIpc) is 2.49. The number of carbonyl (C=O) groups is 1. The Morgan fingerprint density at radius 2 is 1.47 bits per heavy atom. The summed E-state index contributed by atoms with van der Waals surface area (Å²) in [5.74, 6) is -0.593. The molecule has 0 radical (unpaired) electrons. The van der Waals surface area contributed by atoms with Gasteiger partial charge in [0.15, 0.2) is 5.71 Å². The maximum absolute atomic E-state index is 11.7. The van der Waals surface area contributed by atoms with Gasteiger partial charge in [-0.15, -0.1) is 0 Å². The third-order valence-electron chi connectivity index (χ3n) is 2.38. The molecule has 4 heteroatoms. The highest BCUT2D eigenvalue weighted by atomic mass is 16.7. The van der Waals surface area contributed by atoms with Crippen LogP contribution < -0.4 is 0 Å². The smallest absolute Gasteiger partial charge is 0.311 e. The fourth-order valence-corrected chi connectivity index (χ4v) is 1.45. The van der Waals surface area contributed by atoms with Crippen molar-refractivity contribution in [3.8, 4) is 6.07 Å². The second-order valence-electron chi connectivity index (χ2n) is 3.66. The van der Waals surface area contributed by atoms with Gasteiger partial charge in [-0.1, -0.05) is 53.7 Å². The van der Waals surface area contributed by atoms with E-state index in [1.807, 2.05) is 12.1 Å². The van der Waals surface area contributed by atoms with Crippen molar-refractivity contribution in [2.45, 2.75) is 0 Å². The first-order valence-corrected chi connectivity index (χ1v) is 5.61. The number of hydrogen-bond acceptors (Lipinski definition) is 4. The van der Waals surface area contributed by atoms with Crippen molar-refractivity contribution in [2.24, 2.45) is 5.16 Å². The zero-order chi connectivity index (χ0) is 13.5. The molecular formula is C15H10N2O2. The van der Waals surface area contributed by atoms with E-state index in [1.54, 1.807) is 54.6 Å². The number of carbonyl (C=O) groups excluding carboxylic acids is 1. The van der Waals surface area contributed by atoms with Crippen LogP contribution in [0.5, 0.6) is 0 Å². The first kappa shape index (κ1) is 12.5. The molecule has 0 unspecified atom stereocenters. The Morgan fingerprint density at radius 1 is 0.947 bits per heavy atom. The number of nitrogens with zero attached hydrogens (tertiary/aromatic N) is 2. The summed E-state index contributed by atoms with van der Waals surface area (Å²) in [7, 11) is 0. The molecule has 0 heterocycles. The van der Waals surface area contributed by atoms with Crippen LogP contribution in [0.15, 0.2) is 65.8 Å². The molecule has 0 spiro atoms.